The fourth-order valence-corrected chi connectivity index (χ4v) is 3.21. The lowest BCUT2D eigenvalue weighted by Crippen LogP contribution is -2.59. The van der Waals surface area contributed by atoms with Crippen molar-refractivity contribution in [2.24, 2.45) is 0 Å². The van der Waals surface area contributed by atoms with Gasteiger partial charge in [0, 0.05) is 19.1 Å². The Labute approximate surface area is 140 Å². The molecule has 3 rings (SSSR count). The van der Waals surface area contributed by atoms with E-state index in [-0.39, 0.29) is 23.8 Å². The molecule has 2 atom stereocenters. The molecule has 1 aliphatic heterocycles. The summed E-state index contributed by atoms with van der Waals surface area (Å²) >= 11 is 0. The van der Waals surface area contributed by atoms with Crippen LogP contribution < -0.4 is 10.6 Å². The number of carbonyl (C=O) groups excluding carboxylic acids is 2. The maximum absolute atomic E-state index is 13.0. The largest absolute Gasteiger partial charge is 0.353 e. The number of piperazine rings is 1. The third kappa shape index (κ3) is 3.58. The number of amides is 3. The smallest absolute Gasteiger partial charge is 0.318 e. The molecule has 0 radical (unpaired) electrons. The fourth-order valence-electron chi connectivity index (χ4n) is 3.21. The van der Waals surface area contributed by atoms with E-state index in [1.807, 2.05) is 0 Å². The predicted molar refractivity (Wildman–Crippen MR) is 89.7 cm³/mol. The summed E-state index contributed by atoms with van der Waals surface area (Å²) in [7, 11) is 0. The molecule has 1 aromatic carbocycles. The molecule has 1 fully saturated rings. The van der Waals surface area contributed by atoms with Crippen LogP contribution in [-0.4, -0.2) is 42.0 Å². The van der Waals surface area contributed by atoms with E-state index in [4.69, 9.17) is 0 Å². The Morgan fingerprint density at radius 3 is 2.75 bits per heavy atom. The van der Waals surface area contributed by atoms with Gasteiger partial charge in [-0.25, -0.2) is 9.18 Å². The van der Waals surface area contributed by atoms with E-state index in [0.29, 0.717) is 13.1 Å². The molecule has 2 N–H and O–H groups in total. The maximum Gasteiger partial charge on any atom is 0.318 e. The quantitative estimate of drug-likeness (QED) is 0.873. The zero-order chi connectivity index (χ0) is 17.1. The van der Waals surface area contributed by atoms with Crippen LogP contribution in [0.2, 0.25) is 0 Å². The molecular formula is C18H22FN3O2. The van der Waals surface area contributed by atoms with Crippen molar-refractivity contribution < 1.29 is 14.0 Å². The highest BCUT2D eigenvalue weighted by Crippen LogP contribution is 2.27. The van der Waals surface area contributed by atoms with Crippen molar-refractivity contribution in [2.45, 2.75) is 38.3 Å². The summed E-state index contributed by atoms with van der Waals surface area (Å²) in [5.74, 6) is -0.349. The van der Waals surface area contributed by atoms with Gasteiger partial charge in [-0.05, 0) is 49.5 Å². The summed E-state index contributed by atoms with van der Waals surface area (Å²) in [6.45, 7) is 2.76. The van der Waals surface area contributed by atoms with Crippen LogP contribution in [0.25, 0.3) is 5.57 Å². The Bertz CT molecular complexity index is 657. The molecule has 1 aromatic rings. The Balaban J connectivity index is 1.57. The zero-order valence-corrected chi connectivity index (χ0v) is 13.7. The van der Waals surface area contributed by atoms with Crippen molar-refractivity contribution in [2.75, 3.05) is 13.1 Å². The topological polar surface area (TPSA) is 61.4 Å². The summed E-state index contributed by atoms with van der Waals surface area (Å²) < 4.78 is 13.0. The molecule has 2 unspecified atom stereocenters. The minimum absolute atomic E-state index is 0.0684. The third-order valence-corrected chi connectivity index (χ3v) is 4.71. The molecule has 24 heavy (non-hydrogen) atoms. The maximum atomic E-state index is 13.0. The van der Waals surface area contributed by atoms with Gasteiger partial charge in [-0.3, -0.25) is 4.79 Å². The second-order valence-corrected chi connectivity index (χ2v) is 6.32. The highest BCUT2D eigenvalue weighted by atomic mass is 19.1. The molecule has 1 aliphatic carbocycles. The lowest BCUT2D eigenvalue weighted by molar-refractivity contribution is -0.126. The van der Waals surface area contributed by atoms with Crippen LogP contribution in [0.3, 0.4) is 0 Å². The second kappa shape index (κ2) is 7.03. The number of carbonyl (C=O) groups is 2. The zero-order valence-electron chi connectivity index (χ0n) is 13.7. The molecule has 6 heteroatoms. The standard InChI is InChI=1S/C18H22FN3O2/c1-12-17(23)20-10-11-22(12)18(24)21-16-8-4-14(5-9-16)13-2-6-15(19)7-3-13/h2-4,6-7,12,16H,5,8-11H2,1H3,(H,20,23)(H,21,24). The second-order valence-electron chi connectivity index (χ2n) is 6.32. The summed E-state index contributed by atoms with van der Waals surface area (Å²) in [4.78, 5) is 25.6. The predicted octanol–water partition coefficient (Wildman–Crippen LogP) is 2.29. The van der Waals surface area contributed by atoms with E-state index >= 15 is 0 Å². The number of rotatable bonds is 2. The van der Waals surface area contributed by atoms with Gasteiger partial charge >= 0.3 is 6.03 Å². The number of nitrogens with one attached hydrogen (secondary N) is 2. The minimum Gasteiger partial charge on any atom is -0.353 e. The van der Waals surface area contributed by atoms with Gasteiger partial charge in [0.05, 0.1) is 0 Å². The van der Waals surface area contributed by atoms with Crippen molar-refractivity contribution in [1.29, 1.82) is 0 Å². The number of nitrogens with zero attached hydrogens (tertiary/aromatic N) is 1. The highest BCUT2D eigenvalue weighted by Gasteiger charge is 2.30. The normalized spacial score (nSPS) is 24.2. The van der Waals surface area contributed by atoms with Crippen molar-refractivity contribution in [3.05, 3.63) is 41.7 Å². The van der Waals surface area contributed by atoms with Crippen LogP contribution in [-0.2, 0) is 4.79 Å². The molecule has 1 saturated heterocycles. The molecule has 1 heterocycles. The van der Waals surface area contributed by atoms with Gasteiger partial charge in [-0.1, -0.05) is 18.2 Å². The SMILES string of the molecule is CC1C(=O)NCCN1C(=O)NC1CC=C(c2ccc(F)cc2)CC1. The van der Waals surface area contributed by atoms with Gasteiger partial charge in [0.25, 0.3) is 0 Å². The van der Waals surface area contributed by atoms with Crippen LogP contribution in [0.4, 0.5) is 9.18 Å². The van der Waals surface area contributed by atoms with Crippen LogP contribution in [0.15, 0.2) is 30.3 Å². The highest BCUT2D eigenvalue weighted by molar-refractivity contribution is 5.88. The molecular weight excluding hydrogens is 309 g/mol. The van der Waals surface area contributed by atoms with E-state index in [0.717, 1.165) is 24.8 Å². The van der Waals surface area contributed by atoms with Gasteiger partial charge in [0.2, 0.25) is 5.91 Å². The fraction of sp³-hybridized carbons (Fsp3) is 0.444. The third-order valence-electron chi connectivity index (χ3n) is 4.71. The van der Waals surface area contributed by atoms with Crippen LogP contribution in [0, 0.1) is 5.82 Å². The number of halogens is 1. The lowest BCUT2D eigenvalue weighted by Gasteiger charge is -2.34. The Morgan fingerprint density at radius 1 is 1.33 bits per heavy atom. The van der Waals surface area contributed by atoms with E-state index in [1.165, 1.54) is 17.7 Å². The van der Waals surface area contributed by atoms with E-state index in [9.17, 15) is 14.0 Å². The lowest BCUT2D eigenvalue weighted by atomic mass is 9.91. The molecule has 128 valence electrons. The van der Waals surface area contributed by atoms with Crippen molar-refractivity contribution >= 4 is 17.5 Å². The molecule has 0 bridgehead atoms. The van der Waals surface area contributed by atoms with Crippen LogP contribution in [0.5, 0.6) is 0 Å². The Morgan fingerprint density at radius 2 is 2.08 bits per heavy atom. The first kappa shape index (κ1) is 16.5. The summed E-state index contributed by atoms with van der Waals surface area (Å²) in [5, 5.41) is 5.77. The average Bonchev–Trinajstić information content (AvgIpc) is 2.59. The van der Waals surface area contributed by atoms with Crippen molar-refractivity contribution in [1.82, 2.24) is 15.5 Å². The molecule has 2 aliphatic rings. The molecule has 0 spiro atoms. The van der Waals surface area contributed by atoms with Gasteiger partial charge in [0.1, 0.15) is 11.9 Å². The summed E-state index contributed by atoms with van der Waals surface area (Å²) in [5.41, 5.74) is 2.22. The number of hydrogen-bond donors (Lipinski definition) is 2. The van der Waals surface area contributed by atoms with Gasteiger partial charge < -0.3 is 15.5 Å². The number of benzene rings is 1. The van der Waals surface area contributed by atoms with Gasteiger partial charge in [0.15, 0.2) is 0 Å². The monoisotopic (exact) mass is 331 g/mol. The number of urea groups is 1. The number of allylic oxidation sites excluding steroid dienone is 1. The number of hydrogen-bond acceptors (Lipinski definition) is 2. The van der Waals surface area contributed by atoms with E-state index in [2.05, 4.69) is 16.7 Å². The first-order valence-corrected chi connectivity index (χ1v) is 8.34. The van der Waals surface area contributed by atoms with E-state index in [1.54, 1.807) is 24.0 Å². The van der Waals surface area contributed by atoms with Gasteiger partial charge in [-0.15, -0.1) is 0 Å². The summed E-state index contributed by atoms with van der Waals surface area (Å²) in [6.07, 6.45) is 4.52. The average molecular weight is 331 g/mol. The van der Waals surface area contributed by atoms with Crippen molar-refractivity contribution in [3.8, 4) is 0 Å². The van der Waals surface area contributed by atoms with Crippen molar-refractivity contribution in [3.63, 3.8) is 0 Å². The Hall–Kier alpha value is -2.37. The van der Waals surface area contributed by atoms with Crippen LogP contribution >= 0.6 is 0 Å². The molecule has 3 amide bonds. The first-order valence-electron chi connectivity index (χ1n) is 8.34. The first-order chi connectivity index (χ1) is 11.5. The van der Waals surface area contributed by atoms with E-state index < -0.39 is 6.04 Å². The minimum atomic E-state index is -0.437. The van der Waals surface area contributed by atoms with Gasteiger partial charge in [-0.2, -0.15) is 0 Å². The Kier molecular flexibility index (Phi) is 4.83. The van der Waals surface area contributed by atoms with Crippen LogP contribution in [0.1, 0.15) is 31.7 Å². The molecule has 0 saturated carbocycles. The summed E-state index contributed by atoms with van der Waals surface area (Å²) in [6, 6.07) is 5.95. The molecule has 0 aromatic heterocycles. The molecule has 5 nitrogen and oxygen atoms in total.